The molecule has 4 atom stereocenters. The van der Waals surface area contributed by atoms with E-state index in [1.54, 1.807) is 35.0 Å². The van der Waals surface area contributed by atoms with E-state index in [-0.39, 0.29) is 36.5 Å². The molecule has 0 bridgehead atoms. The fourth-order valence-corrected chi connectivity index (χ4v) is 5.25. The first kappa shape index (κ1) is 33.8. The van der Waals surface area contributed by atoms with E-state index in [0.29, 0.717) is 31.7 Å². The van der Waals surface area contributed by atoms with Crippen LogP contribution in [0.3, 0.4) is 0 Å². The minimum atomic E-state index is -1.11. The zero-order chi connectivity index (χ0) is 29.8. The van der Waals surface area contributed by atoms with E-state index in [4.69, 9.17) is 4.74 Å². The molecule has 1 unspecified atom stereocenters. The predicted molar refractivity (Wildman–Crippen MR) is 161 cm³/mol. The van der Waals surface area contributed by atoms with Gasteiger partial charge in [0.1, 0.15) is 6.04 Å². The molecule has 12 heteroatoms. The molecule has 2 aromatic heterocycles. The second-order valence-corrected chi connectivity index (χ2v) is 12.6. The molecular weight excluding hydrogens is 548 g/mol. The van der Waals surface area contributed by atoms with Crippen molar-refractivity contribution in [1.82, 2.24) is 30.8 Å². The molecule has 0 fully saturated rings. The third-order valence-electron chi connectivity index (χ3n) is 6.48. The largest absolute Gasteiger partial charge is 0.356 e. The summed E-state index contributed by atoms with van der Waals surface area (Å²) in [4.78, 5) is 37.4. The van der Waals surface area contributed by atoms with E-state index in [2.05, 4.69) is 46.3 Å². The van der Waals surface area contributed by atoms with Crippen molar-refractivity contribution in [2.75, 3.05) is 7.05 Å². The van der Waals surface area contributed by atoms with E-state index >= 15 is 0 Å². The Bertz CT molecular complexity index is 1060. The summed E-state index contributed by atoms with van der Waals surface area (Å²) < 4.78 is 5.44. The summed E-state index contributed by atoms with van der Waals surface area (Å²) in [6, 6.07) is -1.38. The van der Waals surface area contributed by atoms with Crippen molar-refractivity contribution < 1.29 is 19.4 Å². The van der Waals surface area contributed by atoms with Gasteiger partial charge in [-0.15, -0.1) is 22.7 Å². The fourth-order valence-electron chi connectivity index (χ4n) is 3.91. The van der Waals surface area contributed by atoms with Gasteiger partial charge >= 0.3 is 6.03 Å². The zero-order valence-corrected chi connectivity index (χ0v) is 26.4. The van der Waals surface area contributed by atoms with Gasteiger partial charge in [0.05, 0.1) is 34.2 Å². The van der Waals surface area contributed by atoms with Gasteiger partial charge < -0.3 is 25.4 Å². The van der Waals surface area contributed by atoms with Crippen LogP contribution in [-0.2, 0) is 22.7 Å². The van der Waals surface area contributed by atoms with Gasteiger partial charge in [0.2, 0.25) is 12.3 Å². The van der Waals surface area contributed by atoms with Crippen molar-refractivity contribution in [2.24, 2.45) is 5.92 Å². The number of urea groups is 1. The number of hydrogen-bond donors (Lipinski definition) is 4. The standard InChI is InChI=1S/C28H46N6O4S2/c1-9-19(6)23(11-10-20(7)30-28(37)38-14-22-12-29-16-40-22)32-25(35)24(17(2)3)33-27(36)34(8)13-21-15-39-26(31-21)18(4)5/h12,15-18,20,23-24,28,30,37H,6,9-11,13-14H2,1-5,7-8H3,(H,32,35)(H,33,36)/t20-,23+,24-,28?/m0/s1. The number of thiazole rings is 2. The number of carbonyl (C=O) groups is 2. The molecule has 0 radical (unpaired) electrons. The van der Waals surface area contributed by atoms with Crippen LogP contribution in [0.5, 0.6) is 0 Å². The molecule has 0 aliphatic rings. The van der Waals surface area contributed by atoms with E-state index in [9.17, 15) is 14.7 Å². The number of nitrogens with zero attached hydrogens (tertiary/aromatic N) is 3. The molecule has 2 heterocycles. The van der Waals surface area contributed by atoms with Crippen molar-refractivity contribution in [3.05, 3.63) is 44.8 Å². The van der Waals surface area contributed by atoms with E-state index < -0.39 is 12.5 Å². The van der Waals surface area contributed by atoms with Crippen LogP contribution in [0.25, 0.3) is 0 Å². The first-order valence-corrected chi connectivity index (χ1v) is 15.5. The summed E-state index contributed by atoms with van der Waals surface area (Å²) in [5, 5.41) is 22.2. The highest BCUT2D eigenvalue weighted by molar-refractivity contribution is 7.09. The summed E-state index contributed by atoms with van der Waals surface area (Å²) in [5.74, 6) is -0.0316. The molecule has 0 aromatic carbocycles. The normalized spacial score (nSPS) is 14.6. The van der Waals surface area contributed by atoms with Gasteiger partial charge in [-0.3, -0.25) is 15.1 Å². The van der Waals surface area contributed by atoms with Crippen LogP contribution in [0.2, 0.25) is 0 Å². The molecular formula is C28H46N6O4S2. The van der Waals surface area contributed by atoms with Gasteiger partial charge in [0.25, 0.3) is 0 Å². The molecule has 40 heavy (non-hydrogen) atoms. The molecule has 3 amide bonds. The smallest absolute Gasteiger partial charge is 0.318 e. The molecule has 0 spiro atoms. The summed E-state index contributed by atoms with van der Waals surface area (Å²) in [5.41, 5.74) is 3.45. The van der Waals surface area contributed by atoms with Gasteiger partial charge in [0.15, 0.2) is 0 Å². The summed E-state index contributed by atoms with van der Waals surface area (Å²) in [6.45, 7) is 16.7. The number of aliphatic hydroxyl groups excluding tert-OH is 1. The first-order chi connectivity index (χ1) is 18.9. The van der Waals surface area contributed by atoms with Gasteiger partial charge in [-0.1, -0.05) is 46.8 Å². The molecule has 0 aliphatic heterocycles. The molecule has 0 saturated heterocycles. The predicted octanol–water partition coefficient (Wildman–Crippen LogP) is 4.59. The molecule has 10 nitrogen and oxygen atoms in total. The lowest BCUT2D eigenvalue weighted by Crippen LogP contribution is -2.54. The lowest BCUT2D eigenvalue weighted by Gasteiger charge is -2.29. The monoisotopic (exact) mass is 594 g/mol. The minimum Gasteiger partial charge on any atom is -0.356 e. The Morgan fingerprint density at radius 2 is 1.88 bits per heavy atom. The minimum absolute atomic E-state index is 0.0725. The highest BCUT2D eigenvalue weighted by Crippen LogP contribution is 2.20. The molecule has 0 saturated carbocycles. The maximum absolute atomic E-state index is 13.4. The Balaban J connectivity index is 1.90. The Morgan fingerprint density at radius 3 is 2.45 bits per heavy atom. The van der Waals surface area contributed by atoms with Crippen LogP contribution in [0, 0.1) is 5.92 Å². The maximum Gasteiger partial charge on any atom is 0.318 e. The number of amides is 3. The van der Waals surface area contributed by atoms with Crippen molar-refractivity contribution >= 4 is 34.6 Å². The molecule has 2 rings (SSSR count). The number of carbonyl (C=O) groups excluding carboxylic acids is 2. The van der Waals surface area contributed by atoms with Crippen LogP contribution in [0.15, 0.2) is 29.2 Å². The Kier molecular flexibility index (Phi) is 14.2. The lowest BCUT2D eigenvalue weighted by molar-refractivity contribution is -0.133. The molecule has 0 aliphatic carbocycles. The molecule has 224 valence electrons. The number of aromatic nitrogens is 2. The third kappa shape index (κ3) is 11.2. The van der Waals surface area contributed by atoms with Crippen molar-refractivity contribution in [3.63, 3.8) is 0 Å². The van der Waals surface area contributed by atoms with Gasteiger partial charge in [-0.2, -0.15) is 0 Å². The summed E-state index contributed by atoms with van der Waals surface area (Å²) >= 11 is 3.05. The van der Waals surface area contributed by atoms with Gasteiger partial charge in [-0.05, 0) is 32.1 Å². The Morgan fingerprint density at radius 1 is 1.15 bits per heavy atom. The Labute approximate surface area is 246 Å². The Hall–Kier alpha value is -2.38. The highest BCUT2D eigenvalue weighted by Gasteiger charge is 2.28. The average molecular weight is 595 g/mol. The number of hydrogen-bond acceptors (Lipinski definition) is 9. The van der Waals surface area contributed by atoms with Crippen LogP contribution < -0.4 is 16.0 Å². The van der Waals surface area contributed by atoms with Gasteiger partial charge in [-0.25, -0.2) is 9.78 Å². The molecule has 2 aromatic rings. The van der Waals surface area contributed by atoms with Crippen LogP contribution >= 0.6 is 22.7 Å². The first-order valence-electron chi connectivity index (χ1n) is 13.8. The van der Waals surface area contributed by atoms with Crippen LogP contribution in [0.4, 0.5) is 4.79 Å². The average Bonchev–Trinajstić information content (AvgIpc) is 3.60. The van der Waals surface area contributed by atoms with Crippen LogP contribution in [0.1, 0.15) is 82.3 Å². The third-order valence-corrected chi connectivity index (χ3v) is 8.43. The lowest BCUT2D eigenvalue weighted by atomic mass is 9.97. The second kappa shape index (κ2) is 16.8. The van der Waals surface area contributed by atoms with Crippen molar-refractivity contribution in [1.29, 1.82) is 0 Å². The maximum atomic E-state index is 13.4. The quantitative estimate of drug-likeness (QED) is 0.156. The van der Waals surface area contributed by atoms with Crippen molar-refractivity contribution in [3.8, 4) is 0 Å². The van der Waals surface area contributed by atoms with E-state index in [1.807, 2.05) is 33.1 Å². The van der Waals surface area contributed by atoms with Crippen LogP contribution in [-0.4, -0.2) is 63.5 Å². The SMILES string of the molecule is C=C(CC)[C@@H](CC[C@H](C)NC(O)OCc1cncs1)NC(=O)[C@@H](NC(=O)N(C)Cc1csc(C(C)C)n1)C(C)C. The number of ether oxygens (including phenoxy) is 1. The number of aliphatic hydroxyl groups is 1. The van der Waals surface area contributed by atoms with Crippen molar-refractivity contribution in [2.45, 2.75) is 104 Å². The highest BCUT2D eigenvalue weighted by atomic mass is 32.1. The van der Waals surface area contributed by atoms with E-state index in [0.717, 1.165) is 21.2 Å². The summed E-state index contributed by atoms with van der Waals surface area (Å²) in [6.07, 6.45) is 2.59. The fraction of sp³-hybridized carbons (Fsp3) is 0.643. The topological polar surface area (TPSA) is 129 Å². The number of rotatable bonds is 17. The number of nitrogens with one attached hydrogen (secondary N) is 3. The summed E-state index contributed by atoms with van der Waals surface area (Å²) in [7, 11) is 1.70. The van der Waals surface area contributed by atoms with E-state index in [1.165, 1.54) is 11.3 Å². The van der Waals surface area contributed by atoms with Gasteiger partial charge in [0, 0.05) is 36.6 Å². The second-order valence-electron chi connectivity index (χ2n) is 10.7. The molecule has 4 N–H and O–H groups in total. The zero-order valence-electron chi connectivity index (χ0n) is 24.8.